The van der Waals surface area contributed by atoms with Crippen LogP contribution in [-0.2, 0) is 21.2 Å². The molecule has 1 aliphatic rings. The summed E-state index contributed by atoms with van der Waals surface area (Å²) < 4.78 is 45.5. The second-order valence-corrected chi connectivity index (χ2v) is 10.7. The van der Waals surface area contributed by atoms with Gasteiger partial charge in [0.2, 0.25) is 21.8 Å². The lowest BCUT2D eigenvalue weighted by molar-refractivity contribution is -0.120. The van der Waals surface area contributed by atoms with Gasteiger partial charge in [0.15, 0.2) is 5.82 Å². The number of hydrogen-bond donors (Lipinski definition) is 1. The van der Waals surface area contributed by atoms with Gasteiger partial charge < -0.3 is 9.84 Å². The quantitative estimate of drug-likeness (QED) is 0.542. The molecular formula is C24H27FN4O4S. The summed E-state index contributed by atoms with van der Waals surface area (Å²) in [4.78, 5) is 17.2. The molecule has 0 saturated carbocycles. The van der Waals surface area contributed by atoms with E-state index < -0.39 is 21.8 Å². The summed E-state index contributed by atoms with van der Waals surface area (Å²) >= 11 is 0. The lowest BCUT2D eigenvalue weighted by Gasteiger charge is -2.31. The Morgan fingerprint density at radius 2 is 1.88 bits per heavy atom. The number of hydrogen-bond acceptors (Lipinski definition) is 6. The molecule has 1 N–H and O–H groups in total. The van der Waals surface area contributed by atoms with Crippen molar-refractivity contribution in [3.05, 3.63) is 71.6 Å². The first-order valence-corrected chi connectivity index (χ1v) is 12.6. The third-order valence-corrected chi connectivity index (χ3v) is 7.65. The topological polar surface area (TPSA) is 105 Å². The van der Waals surface area contributed by atoms with Gasteiger partial charge in [-0.1, -0.05) is 31.1 Å². The van der Waals surface area contributed by atoms with Crippen LogP contribution in [0.5, 0.6) is 0 Å². The second-order valence-electron chi connectivity index (χ2n) is 8.72. The third kappa shape index (κ3) is 5.51. The minimum Gasteiger partial charge on any atom is -0.339 e. The van der Waals surface area contributed by atoms with Crippen molar-refractivity contribution in [2.24, 2.45) is 5.92 Å². The van der Waals surface area contributed by atoms with E-state index in [1.54, 1.807) is 12.1 Å². The predicted octanol–water partition coefficient (Wildman–Crippen LogP) is 3.96. The van der Waals surface area contributed by atoms with Gasteiger partial charge in [-0.05, 0) is 54.8 Å². The van der Waals surface area contributed by atoms with E-state index in [0.29, 0.717) is 43.2 Å². The molecule has 0 radical (unpaired) electrons. The van der Waals surface area contributed by atoms with E-state index in [4.69, 9.17) is 4.52 Å². The summed E-state index contributed by atoms with van der Waals surface area (Å²) in [6, 6.07) is 12.1. The van der Waals surface area contributed by atoms with Crippen LogP contribution in [0.25, 0.3) is 0 Å². The van der Waals surface area contributed by atoms with E-state index >= 15 is 0 Å². The largest absolute Gasteiger partial charge is 0.339 e. The van der Waals surface area contributed by atoms with Gasteiger partial charge in [-0.3, -0.25) is 4.79 Å². The fraction of sp³-hybridized carbons (Fsp3) is 0.375. The van der Waals surface area contributed by atoms with Crippen molar-refractivity contribution in [3.63, 3.8) is 0 Å². The monoisotopic (exact) mass is 486 g/mol. The van der Waals surface area contributed by atoms with Crippen LogP contribution in [0.1, 0.15) is 49.9 Å². The Balaban J connectivity index is 1.36. The number of nitrogens with zero attached hydrogens (tertiary/aromatic N) is 3. The summed E-state index contributed by atoms with van der Waals surface area (Å²) in [6.07, 6.45) is 1.68. The molecule has 10 heteroatoms. The first-order valence-electron chi connectivity index (χ1n) is 11.2. The number of piperidine rings is 1. The number of aromatic nitrogens is 2. The first kappa shape index (κ1) is 24.0. The van der Waals surface area contributed by atoms with Crippen molar-refractivity contribution < 1.29 is 22.1 Å². The zero-order chi connectivity index (χ0) is 24.3. The van der Waals surface area contributed by atoms with E-state index in [2.05, 4.69) is 15.5 Å². The molecule has 4 rings (SSSR count). The number of benzene rings is 2. The maximum absolute atomic E-state index is 13.2. The number of anilines is 1. The van der Waals surface area contributed by atoms with Crippen molar-refractivity contribution in [2.75, 3.05) is 18.4 Å². The molecule has 3 aromatic rings. The number of rotatable bonds is 7. The minimum absolute atomic E-state index is 0.0210. The molecule has 34 heavy (non-hydrogen) atoms. The fourth-order valence-corrected chi connectivity index (χ4v) is 5.36. The van der Waals surface area contributed by atoms with Gasteiger partial charge in [0.25, 0.3) is 0 Å². The Bertz CT molecular complexity index is 1240. The summed E-state index contributed by atoms with van der Waals surface area (Å²) in [5, 5.41) is 6.87. The van der Waals surface area contributed by atoms with Crippen molar-refractivity contribution in [1.29, 1.82) is 0 Å². The van der Waals surface area contributed by atoms with Gasteiger partial charge in [-0.25, -0.2) is 12.8 Å². The molecule has 2 heterocycles. The van der Waals surface area contributed by atoms with E-state index in [-0.39, 0.29) is 23.3 Å². The molecule has 1 saturated heterocycles. The number of sulfonamides is 1. The van der Waals surface area contributed by atoms with Crippen LogP contribution in [0, 0.1) is 11.7 Å². The molecule has 1 aromatic heterocycles. The van der Waals surface area contributed by atoms with Crippen molar-refractivity contribution in [2.45, 2.75) is 43.9 Å². The SMILES string of the molecule is CC(C)c1nc(Cc2ccc(NC(=O)C3CCCN(S(=O)(=O)c4ccc(F)cc4)C3)cc2)no1. The Kier molecular flexibility index (Phi) is 7.08. The number of carbonyl (C=O) groups excluding carboxylic acids is 1. The van der Waals surface area contributed by atoms with Crippen LogP contribution >= 0.6 is 0 Å². The smallest absolute Gasteiger partial charge is 0.243 e. The highest BCUT2D eigenvalue weighted by molar-refractivity contribution is 7.89. The molecular weight excluding hydrogens is 459 g/mol. The van der Waals surface area contributed by atoms with Crippen molar-refractivity contribution in [3.8, 4) is 0 Å². The normalized spacial score (nSPS) is 17.1. The zero-order valence-electron chi connectivity index (χ0n) is 19.1. The molecule has 1 atom stereocenters. The van der Waals surface area contributed by atoms with Crippen LogP contribution in [0.3, 0.4) is 0 Å². The molecule has 2 aromatic carbocycles. The molecule has 1 fully saturated rings. The zero-order valence-corrected chi connectivity index (χ0v) is 19.9. The van der Waals surface area contributed by atoms with E-state index in [1.807, 2.05) is 26.0 Å². The highest BCUT2D eigenvalue weighted by Gasteiger charge is 2.33. The number of halogens is 1. The van der Waals surface area contributed by atoms with Gasteiger partial charge in [-0.15, -0.1) is 0 Å². The summed E-state index contributed by atoms with van der Waals surface area (Å²) in [6.45, 7) is 4.38. The molecule has 8 nitrogen and oxygen atoms in total. The lowest BCUT2D eigenvalue weighted by atomic mass is 9.98. The second kappa shape index (κ2) is 10.0. The van der Waals surface area contributed by atoms with E-state index in [1.165, 1.54) is 16.4 Å². The van der Waals surface area contributed by atoms with Gasteiger partial charge in [0.1, 0.15) is 5.82 Å². The predicted molar refractivity (Wildman–Crippen MR) is 124 cm³/mol. The molecule has 0 spiro atoms. The lowest BCUT2D eigenvalue weighted by Crippen LogP contribution is -2.43. The van der Waals surface area contributed by atoms with Gasteiger partial charge in [0, 0.05) is 31.1 Å². The number of amides is 1. The average Bonchev–Trinajstić information content (AvgIpc) is 3.30. The standard InChI is InChI=1S/C24H27FN4O4S/c1-16(2)24-27-22(28-33-24)14-17-5-9-20(10-6-17)26-23(30)18-4-3-13-29(15-18)34(31,32)21-11-7-19(25)8-12-21/h5-12,16,18H,3-4,13-15H2,1-2H3,(H,26,30). The van der Waals surface area contributed by atoms with Crippen LogP contribution < -0.4 is 5.32 Å². The van der Waals surface area contributed by atoms with Crippen LogP contribution in [-0.4, -0.2) is 41.9 Å². The Morgan fingerprint density at radius 1 is 1.18 bits per heavy atom. The van der Waals surface area contributed by atoms with E-state index in [9.17, 15) is 17.6 Å². The molecule has 0 aliphatic carbocycles. The van der Waals surface area contributed by atoms with Crippen LogP contribution in [0.15, 0.2) is 57.9 Å². The summed E-state index contributed by atoms with van der Waals surface area (Å²) in [5.41, 5.74) is 1.60. The molecule has 0 bridgehead atoms. The molecule has 180 valence electrons. The number of carbonyl (C=O) groups is 1. The molecule has 1 amide bonds. The van der Waals surface area contributed by atoms with E-state index in [0.717, 1.165) is 17.7 Å². The Hall–Kier alpha value is -3.11. The van der Waals surface area contributed by atoms with Crippen molar-refractivity contribution >= 4 is 21.6 Å². The van der Waals surface area contributed by atoms with Gasteiger partial charge >= 0.3 is 0 Å². The molecule has 1 unspecified atom stereocenters. The maximum atomic E-state index is 13.2. The maximum Gasteiger partial charge on any atom is 0.243 e. The highest BCUT2D eigenvalue weighted by Crippen LogP contribution is 2.25. The Morgan fingerprint density at radius 3 is 2.53 bits per heavy atom. The molecule has 1 aliphatic heterocycles. The van der Waals surface area contributed by atoms with Gasteiger partial charge in [0.05, 0.1) is 10.8 Å². The highest BCUT2D eigenvalue weighted by atomic mass is 32.2. The minimum atomic E-state index is -3.79. The third-order valence-electron chi connectivity index (χ3n) is 5.77. The van der Waals surface area contributed by atoms with Gasteiger partial charge in [-0.2, -0.15) is 9.29 Å². The Labute approximate surface area is 198 Å². The first-order chi connectivity index (χ1) is 16.2. The van der Waals surface area contributed by atoms with Crippen molar-refractivity contribution in [1.82, 2.24) is 14.4 Å². The summed E-state index contributed by atoms with van der Waals surface area (Å²) in [7, 11) is -3.79. The summed E-state index contributed by atoms with van der Waals surface area (Å²) in [5.74, 6) is 0.162. The van der Waals surface area contributed by atoms with Crippen LogP contribution in [0.2, 0.25) is 0 Å². The number of nitrogens with one attached hydrogen (secondary N) is 1. The van der Waals surface area contributed by atoms with Crippen LogP contribution in [0.4, 0.5) is 10.1 Å². The fourth-order valence-electron chi connectivity index (χ4n) is 3.84. The average molecular weight is 487 g/mol.